The van der Waals surface area contributed by atoms with Crippen LogP contribution in [0.3, 0.4) is 0 Å². The summed E-state index contributed by atoms with van der Waals surface area (Å²) in [5.74, 6) is -0.802. The lowest BCUT2D eigenvalue weighted by Crippen LogP contribution is -2.10. The van der Waals surface area contributed by atoms with Gasteiger partial charge in [0.25, 0.3) is 5.69 Å². The third-order valence-corrected chi connectivity index (χ3v) is 4.28. The first kappa shape index (κ1) is 18.6. The summed E-state index contributed by atoms with van der Waals surface area (Å²) in [5.41, 5.74) is 1.11. The van der Waals surface area contributed by atoms with E-state index in [0.29, 0.717) is 11.1 Å². The van der Waals surface area contributed by atoms with Gasteiger partial charge in [-0.3, -0.25) is 10.1 Å². The van der Waals surface area contributed by atoms with Crippen LogP contribution in [0.2, 0.25) is 0 Å². The minimum absolute atomic E-state index is 0.0875. The van der Waals surface area contributed by atoms with Gasteiger partial charge in [0.1, 0.15) is 6.10 Å². The highest BCUT2D eigenvalue weighted by molar-refractivity contribution is 7.89. The van der Waals surface area contributed by atoms with Crippen molar-refractivity contribution in [1.82, 2.24) is 0 Å². The van der Waals surface area contributed by atoms with Gasteiger partial charge in [-0.25, -0.2) is 13.2 Å². The van der Waals surface area contributed by atoms with E-state index in [0.717, 1.165) is 6.26 Å². The molecule has 0 aliphatic carbocycles. The Bertz CT molecular complexity index is 907. The molecule has 0 aliphatic rings. The lowest BCUT2D eigenvalue weighted by Gasteiger charge is -2.14. The van der Waals surface area contributed by atoms with Gasteiger partial charge >= 0.3 is 5.97 Å². The zero-order valence-corrected chi connectivity index (χ0v) is 14.5. The number of nitrogens with zero attached hydrogens (tertiary/aromatic N) is 1. The van der Waals surface area contributed by atoms with Gasteiger partial charge < -0.3 is 4.74 Å². The maximum atomic E-state index is 12.3. The summed E-state index contributed by atoms with van der Waals surface area (Å²) in [6.07, 6.45) is 0.425. The second-order valence-electron chi connectivity index (χ2n) is 5.67. The Hall–Kier alpha value is -2.74. The van der Waals surface area contributed by atoms with Crippen LogP contribution in [0.15, 0.2) is 48.5 Å². The number of carbonyl (C=O) groups is 1. The van der Waals surface area contributed by atoms with E-state index in [-0.39, 0.29) is 17.0 Å². The van der Waals surface area contributed by atoms with E-state index < -0.39 is 26.8 Å². The van der Waals surface area contributed by atoms with Crippen molar-refractivity contribution in [2.24, 2.45) is 0 Å². The summed E-state index contributed by atoms with van der Waals surface area (Å²) in [5, 5.41) is 10.8. The van der Waals surface area contributed by atoms with Crippen LogP contribution in [0.1, 0.15) is 34.5 Å². The molecule has 0 saturated carbocycles. The molecule has 0 aliphatic heterocycles. The molecule has 0 N–H and O–H groups in total. The number of non-ortho nitro benzene ring substituents is 1. The van der Waals surface area contributed by atoms with E-state index in [9.17, 15) is 23.3 Å². The summed E-state index contributed by atoms with van der Waals surface area (Å²) < 4.78 is 28.1. The molecule has 7 nitrogen and oxygen atoms in total. The summed E-state index contributed by atoms with van der Waals surface area (Å²) >= 11 is 0. The Morgan fingerprint density at radius 1 is 1.20 bits per heavy atom. The van der Waals surface area contributed by atoms with E-state index in [1.54, 1.807) is 25.1 Å². The van der Waals surface area contributed by atoms with Crippen molar-refractivity contribution in [2.75, 3.05) is 6.26 Å². The normalized spacial score (nSPS) is 12.4. The molecule has 0 aromatic heterocycles. The van der Waals surface area contributed by atoms with Crippen molar-refractivity contribution in [2.45, 2.75) is 18.8 Å². The van der Waals surface area contributed by atoms with E-state index in [1.165, 1.54) is 30.3 Å². The second kappa shape index (κ2) is 7.43. The fourth-order valence-electron chi connectivity index (χ4n) is 2.28. The standard InChI is InChI=1S/C17H17NO6S/c1-12(14-6-4-8-16(10-14)18(20)21)24-17(19)15-7-3-5-13(9-15)11-25(2,22)23/h3-10,12H,11H2,1-2H3/t12-/m1/s1. The highest BCUT2D eigenvalue weighted by Crippen LogP contribution is 2.23. The van der Waals surface area contributed by atoms with E-state index >= 15 is 0 Å². The Morgan fingerprint density at radius 3 is 2.52 bits per heavy atom. The Labute approximate surface area is 145 Å². The highest BCUT2D eigenvalue weighted by atomic mass is 32.2. The van der Waals surface area contributed by atoms with E-state index in [1.807, 2.05) is 0 Å². The zero-order valence-electron chi connectivity index (χ0n) is 13.7. The Balaban J connectivity index is 2.15. The molecule has 2 aromatic rings. The lowest BCUT2D eigenvalue weighted by atomic mass is 10.1. The topological polar surface area (TPSA) is 104 Å². The van der Waals surface area contributed by atoms with Gasteiger partial charge in [0, 0.05) is 18.4 Å². The molecular weight excluding hydrogens is 346 g/mol. The SMILES string of the molecule is C[C@@H](OC(=O)c1cccc(CS(C)(=O)=O)c1)c1cccc([N+](=O)[O-])c1. The molecule has 0 saturated heterocycles. The van der Waals surface area contributed by atoms with Gasteiger partial charge in [-0.2, -0.15) is 0 Å². The minimum atomic E-state index is -3.21. The number of carbonyl (C=O) groups excluding carboxylic acids is 1. The molecule has 2 aromatic carbocycles. The largest absolute Gasteiger partial charge is 0.454 e. The molecule has 0 bridgehead atoms. The fourth-order valence-corrected chi connectivity index (χ4v) is 3.06. The zero-order chi connectivity index (χ0) is 18.6. The van der Waals surface area contributed by atoms with Crippen LogP contribution in [0, 0.1) is 10.1 Å². The first-order valence-corrected chi connectivity index (χ1v) is 9.44. The molecule has 2 rings (SSSR count). The number of hydrogen-bond donors (Lipinski definition) is 0. The monoisotopic (exact) mass is 363 g/mol. The molecule has 0 unspecified atom stereocenters. The second-order valence-corrected chi connectivity index (χ2v) is 7.81. The van der Waals surface area contributed by atoms with Crippen LogP contribution in [0.5, 0.6) is 0 Å². The van der Waals surface area contributed by atoms with Gasteiger partial charge in [0.15, 0.2) is 9.84 Å². The smallest absolute Gasteiger partial charge is 0.338 e. The molecular formula is C17H17NO6S. The predicted octanol–water partition coefficient (Wildman–Crippen LogP) is 3.06. The summed E-state index contributed by atoms with van der Waals surface area (Å²) in [6.45, 7) is 1.61. The third-order valence-electron chi connectivity index (χ3n) is 3.43. The van der Waals surface area contributed by atoms with Crippen LogP contribution in [0.25, 0.3) is 0 Å². The van der Waals surface area contributed by atoms with Crippen molar-refractivity contribution in [1.29, 1.82) is 0 Å². The van der Waals surface area contributed by atoms with Crippen LogP contribution in [0.4, 0.5) is 5.69 Å². The first-order chi connectivity index (χ1) is 11.7. The predicted molar refractivity (Wildman–Crippen MR) is 91.9 cm³/mol. The summed E-state index contributed by atoms with van der Waals surface area (Å²) in [7, 11) is -3.21. The molecule has 0 spiro atoms. The Morgan fingerprint density at radius 2 is 1.88 bits per heavy atom. The average molecular weight is 363 g/mol. The van der Waals surface area contributed by atoms with Crippen molar-refractivity contribution in [3.63, 3.8) is 0 Å². The maximum absolute atomic E-state index is 12.3. The molecule has 0 amide bonds. The maximum Gasteiger partial charge on any atom is 0.338 e. The number of esters is 1. The number of benzene rings is 2. The van der Waals surface area contributed by atoms with E-state index in [2.05, 4.69) is 0 Å². The molecule has 132 valence electrons. The highest BCUT2D eigenvalue weighted by Gasteiger charge is 2.17. The van der Waals surface area contributed by atoms with E-state index in [4.69, 9.17) is 4.74 Å². The number of nitro benzene ring substituents is 1. The van der Waals surface area contributed by atoms with Crippen LogP contribution >= 0.6 is 0 Å². The minimum Gasteiger partial charge on any atom is -0.454 e. The van der Waals surface area contributed by atoms with Crippen molar-refractivity contribution in [3.05, 3.63) is 75.3 Å². The number of ether oxygens (including phenoxy) is 1. The molecule has 25 heavy (non-hydrogen) atoms. The van der Waals surface area contributed by atoms with Crippen molar-refractivity contribution >= 4 is 21.5 Å². The summed E-state index contributed by atoms with van der Waals surface area (Å²) in [6, 6.07) is 12.0. The van der Waals surface area contributed by atoms with Gasteiger partial charge in [0.2, 0.25) is 0 Å². The third kappa shape index (κ3) is 5.39. The molecule has 0 radical (unpaired) electrons. The van der Waals surface area contributed by atoms with Crippen molar-refractivity contribution in [3.8, 4) is 0 Å². The quantitative estimate of drug-likeness (QED) is 0.444. The fraction of sp³-hybridized carbons (Fsp3) is 0.235. The molecule has 1 atom stereocenters. The lowest BCUT2D eigenvalue weighted by molar-refractivity contribution is -0.385. The number of sulfone groups is 1. The van der Waals surface area contributed by atoms with Crippen LogP contribution in [-0.4, -0.2) is 25.6 Å². The molecule has 0 heterocycles. The average Bonchev–Trinajstić information content (AvgIpc) is 2.53. The van der Waals surface area contributed by atoms with Crippen molar-refractivity contribution < 1.29 is 22.9 Å². The molecule has 0 fully saturated rings. The van der Waals surface area contributed by atoms with Crippen LogP contribution < -0.4 is 0 Å². The number of rotatable bonds is 6. The Kier molecular flexibility index (Phi) is 5.53. The first-order valence-electron chi connectivity index (χ1n) is 7.38. The summed E-state index contributed by atoms with van der Waals surface area (Å²) in [4.78, 5) is 22.6. The van der Waals surface area contributed by atoms with Crippen LogP contribution in [-0.2, 0) is 20.3 Å². The molecule has 8 heteroatoms. The van der Waals surface area contributed by atoms with Gasteiger partial charge in [0.05, 0.1) is 16.2 Å². The van der Waals surface area contributed by atoms with Gasteiger partial charge in [-0.1, -0.05) is 24.3 Å². The van der Waals surface area contributed by atoms with Gasteiger partial charge in [-0.05, 0) is 30.2 Å². The number of hydrogen-bond acceptors (Lipinski definition) is 6. The van der Waals surface area contributed by atoms with Gasteiger partial charge in [-0.15, -0.1) is 0 Å². The number of nitro groups is 1.